The zero-order valence-corrected chi connectivity index (χ0v) is 10.7. The minimum atomic E-state index is -1.000. The lowest BCUT2D eigenvalue weighted by atomic mass is 10.0. The molecule has 2 heterocycles. The topological polar surface area (TPSA) is 70.7 Å². The highest BCUT2D eigenvalue weighted by molar-refractivity contribution is 5.82. The Bertz CT molecular complexity index is 576. The van der Waals surface area contributed by atoms with Gasteiger partial charge in [0.2, 0.25) is 0 Å². The van der Waals surface area contributed by atoms with Crippen LogP contribution in [0.25, 0.3) is 5.65 Å². The number of fused-ring (bicyclic) bond motifs is 1. The summed E-state index contributed by atoms with van der Waals surface area (Å²) in [5.41, 5.74) is -0.299. The fraction of sp³-hybridized carbons (Fsp3) is 0.417. The number of hydrogen-bond donors (Lipinski definition) is 1. The summed E-state index contributed by atoms with van der Waals surface area (Å²) in [5.74, 6) is -0.238. The van der Waals surface area contributed by atoms with Crippen molar-refractivity contribution >= 4 is 17.4 Å². The van der Waals surface area contributed by atoms with E-state index in [0.717, 1.165) is 0 Å². The molecule has 96 valence electrons. The molecule has 0 atom stereocenters. The van der Waals surface area contributed by atoms with Crippen LogP contribution < -0.4 is 4.90 Å². The van der Waals surface area contributed by atoms with Crippen LogP contribution in [0.4, 0.5) is 5.82 Å². The third-order valence-corrected chi connectivity index (χ3v) is 3.03. The number of aromatic nitrogens is 3. The zero-order chi connectivity index (χ0) is 13.3. The van der Waals surface area contributed by atoms with Crippen molar-refractivity contribution in [2.45, 2.75) is 26.3 Å². The van der Waals surface area contributed by atoms with E-state index in [9.17, 15) is 9.90 Å². The molecule has 0 spiro atoms. The number of carbonyl (C=O) groups is 1. The van der Waals surface area contributed by atoms with E-state index in [0.29, 0.717) is 18.0 Å². The summed E-state index contributed by atoms with van der Waals surface area (Å²) in [6.07, 6.45) is 3.43. The van der Waals surface area contributed by atoms with Crippen LogP contribution in [0.3, 0.4) is 0 Å². The summed E-state index contributed by atoms with van der Waals surface area (Å²) in [6.45, 7) is 5.81. The van der Waals surface area contributed by atoms with Crippen LogP contribution in [-0.4, -0.2) is 37.8 Å². The van der Waals surface area contributed by atoms with Gasteiger partial charge in [0.15, 0.2) is 5.65 Å². The molecule has 0 aliphatic carbocycles. The molecule has 2 rings (SSSR count). The van der Waals surface area contributed by atoms with Crippen LogP contribution in [0.5, 0.6) is 0 Å². The predicted molar refractivity (Wildman–Crippen MR) is 67.7 cm³/mol. The molecule has 0 saturated carbocycles. The van der Waals surface area contributed by atoms with Gasteiger partial charge in [-0.15, -0.1) is 0 Å². The molecule has 0 aliphatic rings. The lowest BCUT2D eigenvalue weighted by Crippen LogP contribution is -2.50. The van der Waals surface area contributed by atoms with Gasteiger partial charge in [0.1, 0.15) is 11.4 Å². The van der Waals surface area contributed by atoms with Crippen LogP contribution in [0, 0.1) is 0 Å². The second-order valence-corrected chi connectivity index (χ2v) is 4.53. The van der Waals surface area contributed by atoms with Crippen molar-refractivity contribution in [1.82, 2.24) is 14.6 Å². The molecular formula is C12H16N4O2. The molecular weight excluding hydrogens is 232 g/mol. The van der Waals surface area contributed by atoms with E-state index in [2.05, 4.69) is 10.1 Å². The van der Waals surface area contributed by atoms with E-state index >= 15 is 0 Å². The maximum atomic E-state index is 11.3. The molecule has 6 nitrogen and oxygen atoms in total. The fourth-order valence-electron chi connectivity index (χ4n) is 1.91. The SMILES string of the molecule is CCN(c1ccn2nccc2n1)C(C)(C)C(=O)O. The second-order valence-electron chi connectivity index (χ2n) is 4.53. The number of hydrogen-bond acceptors (Lipinski definition) is 4. The Morgan fingerprint density at radius 3 is 2.83 bits per heavy atom. The highest BCUT2D eigenvalue weighted by Crippen LogP contribution is 2.22. The lowest BCUT2D eigenvalue weighted by Gasteiger charge is -2.35. The van der Waals surface area contributed by atoms with Gasteiger partial charge in [-0.2, -0.15) is 5.10 Å². The van der Waals surface area contributed by atoms with E-state index in [1.54, 1.807) is 47.8 Å². The maximum absolute atomic E-state index is 11.3. The summed E-state index contributed by atoms with van der Waals surface area (Å²) in [4.78, 5) is 17.5. The minimum Gasteiger partial charge on any atom is -0.480 e. The van der Waals surface area contributed by atoms with Gasteiger partial charge < -0.3 is 10.0 Å². The highest BCUT2D eigenvalue weighted by Gasteiger charge is 2.34. The van der Waals surface area contributed by atoms with Crippen LogP contribution >= 0.6 is 0 Å². The number of anilines is 1. The number of rotatable bonds is 4. The third kappa shape index (κ3) is 1.90. The van der Waals surface area contributed by atoms with Gasteiger partial charge in [0.05, 0.1) is 6.20 Å². The summed E-state index contributed by atoms with van der Waals surface area (Å²) in [7, 11) is 0. The first-order chi connectivity index (χ1) is 8.46. The Morgan fingerprint density at radius 1 is 1.50 bits per heavy atom. The Morgan fingerprint density at radius 2 is 2.22 bits per heavy atom. The van der Waals surface area contributed by atoms with E-state index in [1.165, 1.54) is 0 Å². The predicted octanol–water partition coefficient (Wildman–Crippen LogP) is 1.42. The standard InChI is InChI=1S/C12H16N4O2/c1-4-15(12(2,3)11(17)18)9-6-8-16-10(14-9)5-7-13-16/h5-8H,4H2,1-3H3,(H,17,18). The average Bonchev–Trinajstić information content (AvgIpc) is 2.76. The smallest absolute Gasteiger partial charge is 0.328 e. The quantitative estimate of drug-likeness (QED) is 0.886. The van der Waals surface area contributed by atoms with Crippen LogP contribution in [0.2, 0.25) is 0 Å². The monoisotopic (exact) mass is 248 g/mol. The molecule has 0 fully saturated rings. The third-order valence-electron chi connectivity index (χ3n) is 3.03. The molecule has 0 saturated heterocycles. The molecule has 2 aromatic rings. The molecule has 0 radical (unpaired) electrons. The number of aliphatic carboxylic acids is 1. The Kier molecular flexibility index (Phi) is 2.94. The molecule has 18 heavy (non-hydrogen) atoms. The first-order valence-corrected chi connectivity index (χ1v) is 5.78. The van der Waals surface area contributed by atoms with Gasteiger partial charge in [-0.05, 0) is 26.8 Å². The van der Waals surface area contributed by atoms with E-state index in [1.807, 2.05) is 6.92 Å². The Labute approximate surface area is 105 Å². The number of carboxylic acid groups (broad SMARTS) is 1. The van der Waals surface area contributed by atoms with Gasteiger partial charge in [0, 0.05) is 18.8 Å². The van der Waals surface area contributed by atoms with Crippen LogP contribution in [0.1, 0.15) is 20.8 Å². The van der Waals surface area contributed by atoms with Gasteiger partial charge in [-0.3, -0.25) is 0 Å². The van der Waals surface area contributed by atoms with Gasteiger partial charge in [-0.1, -0.05) is 0 Å². The number of likely N-dealkylation sites (N-methyl/N-ethyl adjacent to an activating group) is 1. The molecule has 0 aliphatic heterocycles. The zero-order valence-electron chi connectivity index (χ0n) is 10.7. The van der Waals surface area contributed by atoms with E-state index in [4.69, 9.17) is 0 Å². The van der Waals surface area contributed by atoms with Crippen molar-refractivity contribution in [2.75, 3.05) is 11.4 Å². The first kappa shape index (κ1) is 12.3. The van der Waals surface area contributed by atoms with Gasteiger partial charge in [-0.25, -0.2) is 14.3 Å². The normalized spacial score (nSPS) is 11.7. The van der Waals surface area contributed by atoms with Crippen molar-refractivity contribution in [1.29, 1.82) is 0 Å². The largest absolute Gasteiger partial charge is 0.480 e. The molecule has 0 unspecified atom stereocenters. The minimum absolute atomic E-state index is 0.566. The molecule has 0 amide bonds. The molecule has 1 N–H and O–H groups in total. The van der Waals surface area contributed by atoms with E-state index in [-0.39, 0.29) is 0 Å². The van der Waals surface area contributed by atoms with Crippen molar-refractivity contribution in [3.8, 4) is 0 Å². The van der Waals surface area contributed by atoms with Crippen LogP contribution in [0.15, 0.2) is 24.5 Å². The van der Waals surface area contributed by atoms with Crippen molar-refractivity contribution in [3.63, 3.8) is 0 Å². The second kappa shape index (κ2) is 4.29. The Hall–Kier alpha value is -2.11. The summed E-state index contributed by atoms with van der Waals surface area (Å²) < 4.78 is 1.64. The molecule has 2 aromatic heterocycles. The summed E-state index contributed by atoms with van der Waals surface area (Å²) in [5, 5.41) is 13.4. The number of carboxylic acids is 1. The van der Waals surface area contributed by atoms with Gasteiger partial charge >= 0.3 is 5.97 Å². The van der Waals surface area contributed by atoms with Gasteiger partial charge in [0.25, 0.3) is 0 Å². The highest BCUT2D eigenvalue weighted by atomic mass is 16.4. The average molecular weight is 248 g/mol. The first-order valence-electron chi connectivity index (χ1n) is 5.78. The van der Waals surface area contributed by atoms with Crippen LogP contribution in [-0.2, 0) is 4.79 Å². The number of nitrogens with zero attached hydrogens (tertiary/aromatic N) is 4. The van der Waals surface area contributed by atoms with Crippen molar-refractivity contribution in [3.05, 3.63) is 24.5 Å². The van der Waals surface area contributed by atoms with Crippen molar-refractivity contribution in [2.24, 2.45) is 0 Å². The summed E-state index contributed by atoms with van der Waals surface area (Å²) in [6, 6.07) is 3.55. The summed E-state index contributed by atoms with van der Waals surface area (Å²) >= 11 is 0. The fourth-order valence-corrected chi connectivity index (χ4v) is 1.91. The molecule has 0 bridgehead atoms. The molecule has 0 aromatic carbocycles. The maximum Gasteiger partial charge on any atom is 0.328 e. The Balaban J connectivity index is 2.46. The lowest BCUT2D eigenvalue weighted by molar-refractivity contribution is -0.142. The van der Waals surface area contributed by atoms with E-state index < -0.39 is 11.5 Å². The molecule has 6 heteroatoms. The van der Waals surface area contributed by atoms with Crippen molar-refractivity contribution < 1.29 is 9.90 Å².